The summed E-state index contributed by atoms with van der Waals surface area (Å²) in [5.41, 5.74) is 0.204. The molecule has 5 heteroatoms. The minimum atomic E-state index is -0.433. The standard InChI is InChI=1S/C13H14FN3O/c1-10(17-8-4-7-15-17)9-13(18)16-12-6-3-2-5-11(12)14/h2-8,10H,9H2,1H3,(H,16,18)/t10-/m1/s1. The van der Waals surface area contributed by atoms with Gasteiger partial charge in [0.2, 0.25) is 5.91 Å². The van der Waals surface area contributed by atoms with Gasteiger partial charge in [-0.3, -0.25) is 9.48 Å². The highest BCUT2D eigenvalue weighted by molar-refractivity contribution is 5.91. The molecule has 1 amide bonds. The largest absolute Gasteiger partial charge is 0.324 e. The van der Waals surface area contributed by atoms with E-state index in [0.717, 1.165) is 0 Å². The Morgan fingerprint density at radius 1 is 1.44 bits per heavy atom. The van der Waals surface area contributed by atoms with Crippen LogP contribution in [0.5, 0.6) is 0 Å². The summed E-state index contributed by atoms with van der Waals surface area (Å²) in [5, 5.41) is 6.60. The molecule has 0 aliphatic heterocycles. The van der Waals surface area contributed by atoms with Crippen molar-refractivity contribution in [2.45, 2.75) is 19.4 Å². The zero-order valence-corrected chi connectivity index (χ0v) is 10.0. The number of amides is 1. The third kappa shape index (κ3) is 2.94. The molecule has 1 atom stereocenters. The summed E-state index contributed by atoms with van der Waals surface area (Å²) in [6.45, 7) is 1.88. The second-order valence-corrected chi connectivity index (χ2v) is 4.07. The Bertz CT molecular complexity index is 525. The number of para-hydroxylation sites is 1. The molecule has 1 heterocycles. The quantitative estimate of drug-likeness (QED) is 0.902. The highest BCUT2D eigenvalue weighted by Gasteiger charge is 2.12. The molecule has 0 unspecified atom stereocenters. The molecule has 0 aliphatic rings. The van der Waals surface area contributed by atoms with Crippen LogP contribution < -0.4 is 5.32 Å². The zero-order chi connectivity index (χ0) is 13.0. The summed E-state index contributed by atoms with van der Waals surface area (Å²) in [7, 11) is 0. The maximum atomic E-state index is 13.3. The van der Waals surface area contributed by atoms with E-state index in [4.69, 9.17) is 0 Å². The lowest BCUT2D eigenvalue weighted by Gasteiger charge is -2.12. The van der Waals surface area contributed by atoms with Gasteiger partial charge in [0.05, 0.1) is 11.7 Å². The molecule has 2 aromatic rings. The molecule has 0 saturated heterocycles. The van der Waals surface area contributed by atoms with Crippen LogP contribution >= 0.6 is 0 Å². The number of nitrogens with one attached hydrogen (secondary N) is 1. The first kappa shape index (κ1) is 12.3. The number of benzene rings is 1. The maximum Gasteiger partial charge on any atom is 0.226 e. The topological polar surface area (TPSA) is 46.9 Å². The lowest BCUT2D eigenvalue weighted by molar-refractivity contribution is -0.116. The van der Waals surface area contributed by atoms with E-state index in [1.54, 1.807) is 35.3 Å². The SMILES string of the molecule is C[C@H](CC(=O)Nc1ccccc1F)n1cccn1. The maximum absolute atomic E-state index is 13.3. The van der Waals surface area contributed by atoms with Gasteiger partial charge in [-0.25, -0.2) is 4.39 Å². The van der Waals surface area contributed by atoms with Crippen LogP contribution in [0, 0.1) is 5.82 Å². The Morgan fingerprint density at radius 3 is 2.89 bits per heavy atom. The van der Waals surface area contributed by atoms with E-state index in [0.29, 0.717) is 0 Å². The fourth-order valence-electron chi connectivity index (χ4n) is 1.67. The van der Waals surface area contributed by atoms with Gasteiger partial charge in [0, 0.05) is 18.8 Å². The Hall–Kier alpha value is -2.17. The van der Waals surface area contributed by atoms with Crippen LogP contribution in [0.1, 0.15) is 19.4 Å². The minimum absolute atomic E-state index is 0.0632. The number of carbonyl (C=O) groups excluding carboxylic acids is 1. The second-order valence-electron chi connectivity index (χ2n) is 4.07. The van der Waals surface area contributed by atoms with Gasteiger partial charge in [-0.2, -0.15) is 5.10 Å². The predicted octanol–water partition coefficient (Wildman–Crippen LogP) is 2.61. The van der Waals surface area contributed by atoms with Crippen molar-refractivity contribution in [2.24, 2.45) is 0 Å². The minimum Gasteiger partial charge on any atom is -0.324 e. The molecular formula is C13H14FN3O. The van der Waals surface area contributed by atoms with E-state index in [2.05, 4.69) is 10.4 Å². The van der Waals surface area contributed by atoms with Crippen LogP contribution in [0.2, 0.25) is 0 Å². The molecule has 0 radical (unpaired) electrons. The Labute approximate surface area is 104 Å². The summed E-state index contributed by atoms with van der Waals surface area (Å²) in [4.78, 5) is 11.8. The van der Waals surface area contributed by atoms with Crippen LogP contribution in [0.3, 0.4) is 0 Å². The summed E-state index contributed by atoms with van der Waals surface area (Å²) in [5.74, 6) is -0.666. The third-order valence-electron chi connectivity index (χ3n) is 2.61. The number of nitrogens with zero attached hydrogens (tertiary/aromatic N) is 2. The third-order valence-corrected chi connectivity index (χ3v) is 2.61. The zero-order valence-electron chi connectivity index (χ0n) is 10.0. The lowest BCUT2D eigenvalue weighted by atomic mass is 10.2. The fourth-order valence-corrected chi connectivity index (χ4v) is 1.67. The molecule has 0 fully saturated rings. The van der Waals surface area contributed by atoms with E-state index in [9.17, 15) is 9.18 Å². The van der Waals surface area contributed by atoms with Crippen LogP contribution in [0.25, 0.3) is 0 Å². The first-order chi connectivity index (χ1) is 8.66. The number of hydrogen-bond acceptors (Lipinski definition) is 2. The smallest absolute Gasteiger partial charge is 0.226 e. The molecule has 2 rings (SSSR count). The Kier molecular flexibility index (Phi) is 3.72. The van der Waals surface area contributed by atoms with Crippen LogP contribution in [0.15, 0.2) is 42.7 Å². The van der Waals surface area contributed by atoms with Gasteiger partial charge in [0.15, 0.2) is 0 Å². The molecule has 1 aromatic heterocycles. The van der Waals surface area contributed by atoms with Crippen molar-refractivity contribution in [3.05, 3.63) is 48.5 Å². The Morgan fingerprint density at radius 2 is 2.22 bits per heavy atom. The van der Waals surface area contributed by atoms with E-state index >= 15 is 0 Å². The van der Waals surface area contributed by atoms with Gasteiger partial charge in [-0.05, 0) is 25.1 Å². The van der Waals surface area contributed by atoms with Crippen molar-refractivity contribution in [3.8, 4) is 0 Å². The van der Waals surface area contributed by atoms with Crippen molar-refractivity contribution < 1.29 is 9.18 Å². The average Bonchev–Trinajstić information content (AvgIpc) is 2.85. The molecular weight excluding hydrogens is 233 g/mol. The highest BCUT2D eigenvalue weighted by Crippen LogP contribution is 2.15. The van der Waals surface area contributed by atoms with Crippen LogP contribution in [-0.2, 0) is 4.79 Å². The molecule has 0 bridgehead atoms. The second kappa shape index (κ2) is 5.44. The van der Waals surface area contributed by atoms with Crippen molar-refractivity contribution >= 4 is 11.6 Å². The number of carbonyl (C=O) groups is 1. The first-order valence-electron chi connectivity index (χ1n) is 5.70. The van der Waals surface area contributed by atoms with Crippen molar-refractivity contribution in [2.75, 3.05) is 5.32 Å². The first-order valence-corrected chi connectivity index (χ1v) is 5.70. The lowest BCUT2D eigenvalue weighted by Crippen LogP contribution is -2.18. The van der Waals surface area contributed by atoms with Gasteiger partial charge in [-0.1, -0.05) is 12.1 Å². The number of rotatable bonds is 4. The average molecular weight is 247 g/mol. The monoisotopic (exact) mass is 247 g/mol. The number of halogens is 1. The van der Waals surface area contributed by atoms with Crippen LogP contribution in [-0.4, -0.2) is 15.7 Å². The summed E-state index contributed by atoms with van der Waals surface area (Å²) < 4.78 is 15.0. The fraction of sp³-hybridized carbons (Fsp3) is 0.231. The van der Waals surface area contributed by atoms with Crippen molar-refractivity contribution in [1.29, 1.82) is 0 Å². The van der Waals surface area contributed by atoms with Gasteiger partial charge < -0.3 is 5.32 Å². The normalized spacial score (nSPS) is 12.1. The molecule has 4 nitrogen and oxygen atoms in total. The Balaban J connectivity index is 1.95. The van der Waals surface area contributed by atoms with Crippen molar-refractivity contribution in [1.82, 2.24) is 9.78 Å². The summed E-state index contributed by atoms with van der Waals surface area (Å²) in [6, 6.07) is 7.84. The van der Waals surface area contributed by atoms with E-state index < -0.39 is 5.82 Å². The molecule has 0 saturated carbocycles. The molecule has 1 N–H and O–H groups in total. The number of hydrogen-bond donors (Lipinski definition) is 1. The van der Waals surface area contributed by atoms with Gasteiger partial charge in [0.1, 0.15) is 5.82 Å². The summed E-state index contributed by atoms with van der Waals surface area (Å²) >= 11 is 0. The highest BCUT2D eigenvalue weighted by atomic mass is 19.1. The van der Waals surface area contributed by atoms with Gasteiger partial charge >= 0.3 is 0 Å². The van der Waals surface area contributed by atoms with Crippen molar-refractivity contribution in [3.63, 3.8) is 0 Å². The van der Waals surface area contributed by atoms with E-state index in [-0.39, 0.29) is 24.1 Å². The number of aromatic nitrogens is 2. The summed E-state index contributed by atoms with van der Waals surface area (Å²) in [6.07, 6.45) is 3.70. The number of anilines is 1. The molecule has 94 valence electrons. The molecule has 0 spiro atoms. The molecule has 1 aromatic carbocycles. The van der Waals surface area contributed by atoms with Gasteiger partial charge in [-0.15, -0.1) is 0 Å². The molecule has 0 aliphatic carbocycles. The predicted molar refractivity (Wildman–Crippen MR) is 66.6 cm³/mol. The van der Waals surface area contributed by atoms with E-state index in [1.165, 1.54) is 12.1 Å². The van der Waals surface area contributed by atoms with Gasteiger partial charge in [0.25, 0.3) is 0 Å². The van der Waals surface area contributed by atoms with E-state index in [1.807, 2.05) is 6.92 Å². The molecule has 18 heavy (non-hydrogen) atoms. The van der Waals surface area contributed by atoms with Crippen LogP contribution in [0.4, 0.5) is 10.1 Å².